The van der Waals surface area contributed by atoms with Gasteiger partial charge >= 0.3 is 0 Å². The Labute approximate surface area is 287 Å². The summed E-state index contributed by atoms with van der Waals surface area (Å²) < 4.78 is 43.7. The van der Waals surface area contributed by atoms with E-state index in [0.29, 0.717) is 0 Å². The summed E-state index contributed by atoms with van der Waals surface area (Å²) in [6.45, 7) is 4.18. The van der Waals surface area contributed by atoms with E-state index in [1.807, 2.05) is 57.5 Å². The van der Waals surface area contributed by atoms with Gasteiger partial charge in [0.15, 0.2) is 0 Å². The molecule has 230 valence electrons. The van der Waals surface area contributed by atoms with Gasteiger partial charge in [0.1, 0.15) is 11.6 Å². The Bertz CT molecular complexity index is 2930. The minimum Gasteiger partial charge on any atom is -0.307 e. The summed E-state index contributed by atoms with van der Waals surface area (Å²) in [6, 6.07) is 32.1. The van der Waals surface area contributed by atoms with Crippen molar-refractivity contribution in [2.45, 2.75) is 13.8 Å². The van der Waals surface area contributed by atoms with Crippen LogP contribution in [0, 0.1) is 25.5 Å². The fraction of sp³-hybridized carbons (Fsp3) is 0.0500. The molecule has 0 fully saturated rings. The summed E-state index contributed by atoms with van der Waals surface area (Å²) in [5, 5.41) is 4.68. The third kappa shape index (κ3) is 3.58. The molecule has 0 unspecified atom stereocenters. The van der Waals surface area contributed by atoms with Gasteiger partial charge in [0.05, 0.1) is 50.3 Å². The molecule has 11 aromatic rings. The minimum atomic E-state index is -0.227. The van der Waals surface area contributed by atoms with Crippen molar-refractivity contribution in [3.63, 3.8) is 0 Å². The van der Waals surface area contributed by atoms with E-state index < -0.39 is 0 Å². The predicted molar refractivity (Wildman–Crippen MR) is 206 cm³/mol. The molecule has 0 N–H and O–H groups in total. The van der Waals surface area contributed by atoms with Crippen LogP contribution in [0.15, 0.2) is 97.1 Å². The number of halogens is 2. The average molecular weight is 697 g/mol. The van der Waals surface area contributed by atoms with Gasteiger partial charge in [-0.25, -0.2) is 8.78 Å². The van der Waals surface area contributed by atoms with Crippen molar-refractivity contribution in [1.82, 2.24) is 9.13 Å². The highest BCUT2D eigenvalue weighted by Gasteiger charge is 2.25. The van der Waals surface area contributed by atoms with Gasteiger partial charge < -0.3 is 9.13 Å². The lowest BCUT2D eigenvalue weighted by Gasteiger charge is -2.08. The molecule has 48 heavy (non-hydrogen) atoms. The largest absolute Gasteiger partial charge is 0.307 e. The second-order valence-corrected chi connectivity index (χ2v) is 16.7. The molecule has 0 saturated carbocycles. The highest BCUT2D eigenvalue weighted by molar-refractivity contribution is 7.38. The second-order valence-electron chi connectivity index (χ2n) is 12.6. The normalized spacial score (nSPS) is 12.6. The van der Waals surface area contributed by atoms with E-state index in [-0.39, 0.29) is 11.6 Å². The van der Waals surface area contributed by atoms with Gasteiger partial charge in [-0.1, -0.05) is 35.4 Å². The van der Waals surface area contributed by atoms with Crippen molar-refractivity contribution in [3.05, 3.63) is 120 Å². The Morgan fingerprint density at radius 3 is 1.25 bits per heavy atom. The van der Waals surface area contributed by atoms with Crippen molar-refractivity contribution >= 4 is 127 Å². The number of aryl methyl sites for hydroxylation is 2. The second kappa shape index (κ2) is 9.51. The molecule has 8 heteroatoms. The summed E-state index contributed by atoms with van der Waals surface area (Å²) >= 11 is 7.28. The van der Waals surface area contributed by atoms with Crippen LogP contribution in [0.4, 0.5) is 8.78 Å². The number of hydrogen-bond acceptors (Lipinski definition) is 4. The van der Waals surface area contributed by atoms with E-state index in [4.69, 9.17) is 0 Å². The van der Waals surface area contributed by atoms with Crippen LogP contribution >= 0.6 is 45.3 Å². The zero-order valence-corrected chi connectivity index (χ0v) is 28.8. The molecule has 0 saturated heterocycles. The van der Waals surface area contributed by atoms with E-state index in [9.17, 15) is 8.78 Å². The van der Waals surface area contributed by atoms with Crippen LogP contribution < -0.4 is 0 Å². The number of hydrogen-bond donors (Lipinski definition) is 0. The molecule has 0 amide bonds. The van der Waals surface area contributed by atoms with Crippen molar-refractivity contribution in [3.8, 4) is 11.4 Å². The first-order chi connectivity index (χ1) is 23.4. The van der Waals surface area contributed by atoms with Crippen LogP contribution in [-0.2, 0) is 0 Å². The predicted octanol–water partition coefficient (Wildman–Crippen LogP) is 13.6. The Kier molecular flexibility index (Phi) is 5.42. The Balaban J connectivity index is 1.21. The van der Waals surface area contributed by atoms with Gasteiger partial charge in [-0.2, -0.15) is 0 Å². The Morgan fingerprint density at radius 1 is 0.417 bits per heavy atom. The molecule has 0 spiro atoms. The monoisotopic (exact) mass is 696 g/mol. The zero-order chi connectivity index (χ0) is 32.0. The smallest absolute Gasteiger partial charge is 0.125 e. The Morgan fingerprint density at radius 2 is 0.833 bits per heavy atom. The molecule has 0 bridgehead atoms. The molecule has 6 heterocycles. The Hall–Kier alpha value is -4.60. The third-order valence-corrected chi connectivity index (χ3v) is 14.7. The first kappa shape index (κ1) is 27.4. The first-order valence-corrected chi connectivity index (χ1v) is 18.9. The SMILES string of the molecule is Cc1ccc(-n2c3cc(F)ccc3c3sc4c5cc6sc7c(sc8c9ccc(F)cc9n(-c9ccc(C)cc9)c87)c6cc5sc4c32)cc1. The fourth-order valence-corrected chi connectivity index (χ4v) is 12.9. The number of fused-ring (bicyclic) bond motifs is 14. The van der Waals surface area contributed by atoms with Gasteiger partial charge in [0.2, 0.25) is 0 Å². The van der Waals surface area contributed by atoms with Gasteiger partial charge in [-0.05, 0) is 86.6 Å². The van der Waals surface area contributed by atoms with Crippen LogP contribution in [0.1, 0.15) is 11.1 Å². The molecule has 2 nitrogen and oxygen atoms in total. The molecule has 0 aliphatic heterocycles. The molecular formula is C40H22F2N2S4. The third-order valence-electron chi connectivity index (χ3n) is 9.60. The summed E-state index contributed by atoms with van der Waals surface area (Å²) in [5.74, 6) is -0.455. The summed E-state index contributed by atoms with van der Waals surface area (Å²) in [7, 11) is 0. The van der Waals surface area contributed by atoms with Crippen LogP contribution in [0.3, 0.4) is 0 Å². The summed E-state index contributed by atoms with van der Waals surface area (Å²) in [4.78, 5) is 0. The maximum Gasteiger partial charge on any atom is 0.125 e. The average Bonchev–Trinajstić information content (AvgIpc) is 3.89. The molecule has 0 aliphatic rings. The van der Waals surface area contributed by atoms with E-state index in [2.05, 4.69) is 83.6 Å². The van der Waals surface area contributed by atoms with Crippen molar-refractivity contribution in [1.29, 1.82) is 0 Å². The highest BCUT2D eigenvalue weighted by Crippen LogP contribution is 2.53. The lowest BCUT2D eigenvalue weighted by molar-refractivity contribution is 0.629. The van der Waals surface area contributed by atoms with Gasteiger partial charge in [-0.15, -0.1) is 45.3 Å². The molecule has 11 rings (SSSR count). The van der Waals surface area contributed by atoms with Crippen molar-refractivity contribution in [2.75, 3.05) is 0 Å². The van der Waals surface area contributed by atoms with Gasteiger partial charge in [0, 0.05) is 42.3 Å². The van der Waals surface area contributed by atoms with Gasteiger partial charge in [0.25, 0.3) is 0 Å². The summed E-state index contributed by atoms with van der Waals surface area (Å²) in [6.07, 6.45) is 0. The maximum atomic E-state index is 14.6. The molecule has 0 radical (unpaired) electrons. The van der Waals surface area contributed by atoms with Crippen LogP contribution in [0.2, 0.25) is 0 Å². The maximum absolute atomic E-state index is 14.6. The lowest BCUT2D eigenvalue weighted by Crippen LogP contribution is -1.93. The molecule has 5 aromatic carbocycles. The molecule has 6 aromatic heterocycles. The minimum absolute atomic E-state index is 0.227. The molecule has 0 atom stereocenters. The van der Waals surface area contributed by atoms with Crippen LogP contribution in [0.5, 0.6) is 0 Å². The van der Waals surface area contributed by atoms with E-state index in [0.717, 1.165) is 44.2 Å². The number of benzene rings is 5. The van der Waals surface area contributed by atoms with Crippen LogP contribution in [0.25, 0.3) is 92.6 Å². The lowest BCUT2D eigenvalue weighted by atomic mass is 10.2. The van der Waals surface area contributed by atoms with Gasteiger partial charge in [-0.3, -0.25) is 0 Å². The van der Waals surface area contributed by atoms with Crippen molar-refractivity contribution < 1.29 is 8.78 Å². The molecular weight excluding hydrogens is 675 g/mol. The standard InChI is InChI=1S/C40H22F2N2S4/c1-19-3-9-23(10-4-19)43-29-15-21(41)7-13-25(29)35-33(43)39-37(47-35)27-17-32-28(18-31(27)45-39)38-40(46-32)34-36(48-38)26-14-8-22(42)16-30(26)44(34)24-11-5-20(2)6-12-24/h3-18H,1-2H3. The first-order valence-electron chi connectivity index (χ1n) is 15.6. The van der Waals surface area contributed by atoms with E-state index in [1.54, 1.807) is 24.3 Å². The fourth-order valence-electron chi connectivity index (χ4n) is 7.36. The highest BCUT2D eigenvalue weighted by atomic mass is 32.1. The van der Waals surface area contributed by atoms with E-state index in [1.165, 1.54) is 59.5 Å². The van der Waals surface area contributed by atoms with Crippen LogP contribution in [-0.4, -0.2) is 9.13 Å². The number of thiophene rings is 4. The topological polar surface area (TPSA) is 9.86 Å². The number of rotatable bonds is 2. The van der Waals surface area contributed by atoms with Crippen molar-refractivity contribution in [2.24, 2.45) is 0 Å². The molecule has 0 aliphatic carbocycles. The number of nitrogens with zero attached hydrogens (tertiary/aromatic N) is 2. The zero-order valence-electron chi connectivity index (χ0n) is 25.5. The van der Waals surface area contributed by atoms with E-state index >= 15 is 0 Å². The summed E-state index contributed by atoms with van der Waals surface area (Å²) in [5.41, 5.74) is 8.57. The quantitative estimate of drug-likeness (QED) is 0.170. The number of aromatic nitrogens is 2.